The Bertz CT molecular complexity index is 873. The van der Waals surface area contributed by atoms with Crippen LogP contribution in [0.3, 0.4) is 0 Å². The van der Waals surface area contributed by atoms with Crippen LogP contribution in [0.4, 0.5) is 4.39 Å². The zero-order chi connectivity index (χ0) is 17.9. The molecule has 1 aliphatic heterocycles. The summed E-state index contributed by atoms with van der Waals surface area (Å²) >= 11 is 0. The van der Waals surface area contributed by atoms with Crippen molar-refractivity contribution in [1.29, 1.82) is 0 Å². The fourth-order valence-electron chi connectivity index (χ4n) is 3.33. The van der Waals surface area contributed by atoms with Crippen LogP contribution in [0, 0.1) is 11.7 Å². The van der Waals surface area contributed by atoms with Crippen molar-refractivity contribution in [3.63, 3.8) is 0 Å². The Balaban J connectivity index is 1.51. The first-order chi connectivity index (χ1) is 12.7. The molecular formula is C18H18FN5O2. The number of likely N-dealkylation sites (tertiary alicyclic amines) is 1. The highest BCUT2D eigenvalue weighted by Gasteiger charge is 2.37. The number of pyridine rings is 2. The molecule has 1 fully saturated rings. The molecule has 134 valence electrons. The largest absolute Gasteiger partial charge is 0.396 e. The fraction of sp³-hybridized carbons (Fsp3) is 0.333. The van der Waals surface area contributed by atoms with E-state index in [1.807, 2.05) is 12.1 Å². The summed E-state index contributed by atoms with van der Waals surface area (Å²) < 4.78 is 19.3. The van der Waals surface area contributed by atoms with Gasteiger partial charge in [0, 0.05) is 61.9 Å². The van der Waals surface area contributed by atoms with Gasteiger partial charge in [0.05, 0.1) is 12.1 Å². The van der Waals surface area contributed by atoms with Crippen LogP contribution in [-0.2, 0) is 6.54 Å². The predicted molar refractivity (Wildman–Crippen MR) is 90.3 cm³/mol. The third kappa shape index (κ3) is 3.33. The molecule has 4 rings (SSSR count). The van der Waals surface area contributed by atoms with Gasteiger partial charge < -0.3 is 9.63 Å². The monoisotopic (exact) mass is 355 g/mol. The lowest BCUT2D eigenvalue weighted by Crippen LogP contribution is -2.21. The van der Waals surface area contributed by atoms with E-state index in [-0.39, 0.29) is 24.3 Å². The molecule has 0 saturated carbocycles. The summed E-state index contributed by atoms with van der Waals surface area (Å²) in [5.74, 6) is 0.502. The molecule has 3 aromatic rings. The number of aliphatic hydroxyl groups is 1. The minimum absolute atomic E-state index is 0.00456. The molecule has 0 bridgehead atoms. The van der Waals surface area contributed by atoms with Crippen LogP contribution in [0.1, 0.15) is 17.4 Å². The Morgan fingerprint density at radius 3 is 2.85 bits per heavy atom. The summed E-state index contributed by atoms with van der Waals surface area (Å²) in [5, 5.41) is 13.8. The number of hydrogen-bond donors (Lipinski definition) is 1. The Kier molecular flexibility index (Phi) is 4.68. The maximum Gasteiger partial charge on any atom is 0.231 e. The zero-order valence-corrected chi connectivity index (χ0v) is 14.0. The number of halogens is 1. The van der Waals surface area contributed by atoms with Gasteiger partial charge in [-0.3, -0.25) is 14.9 Å². The summed E-state index contributed by atoms with van der Waals surface area (Å²) in [5.41, 5.74) is 1.36. The minimum Gasteiger partial charge on any atom is -0.396 e. The molecule has 1 aliphatic rings. The van der Waals surface area contributed by atoms with E-state index in [1.54, 1.807) is 24.7 Å². The summed E-state index contributed by atoms with van der Waals surface area (Å²) in [6.45, 7) is 1.70. The summed E-state index contributed by atoms with van der Waals surface area (Å²) in [7, 11) is 0. The zero-order valence-electron chi connectivity index (χ0n) is 14.0. The molecule has 0 radical (unpaired) electrons. The van der Waals surface area contributed by atoms with Gasteiger partial charge in [0.1, 0.15) is 5.82 Å². The molecule has 7 nitrogen and oxygen atoms in total. The highest BCUT2D eigenvalue weighted by Crippen LogP contribution is 2.33. The van der Waals surface area contributed by atoms with Crippen LogP contribution in [0.2, 0.25) is 0 Å². The van der Waals surface area contributed by atoms with Gasteiger partial charge in [-0.2, -0.15) is 4.98 Å². The van der Waals surface area contributed by atoms with E-state index in [1.165, 1.54) is 6.20 Å². The summed E-state index contributed by atoms with van der Waals surface area (Å²) in [4.78, 5) is 14.4. The number of hydrogen-bond acceptors (Lipinski definition) is 7. The average molecular weight is 355 g/mol. The maximum atomic E-state index is 13.8. The van der Waals surface area contributed by atoms with E-state index in [4.69, 9.17) is 4.52 Å². The topological polar surface area (TPSA) is 88.2 Å². The molecular weight excluding hydrogens is 337 g/mol. The van der Waals surface area contributed by atoms with Gasteiger partial charge in [0.2, 0.25) is 11.7 Å². The van der Waals surface area contributed by atoms with E-state index in [0.29, 0.717) is 36.9 Å². The first kappa shape index (κ1) is 16.7. The Labute approximate surface area is 149 Å². The van der Waals surface area contributed by atoms with Crippen LogP contribution >= 0.6 is 0 Å². The lowest BCUT2D eigenvalue weighted by atomic mass is 9.97. The summed E-state index contributed by atoms with van der Waals surface area (Å²) in [6, 6.07) is 5.34. The summed E-state index contributed by atoms with van der Waals surface area (Å²) in [6.07, 6.45) is 6.14. The molecule has 8 heteroatoms. The van der Waals surface area contributed by atoms with Crippen LogP contribution in [0.25, 0.3) is 11.4 Å². The Hall–Kier alpha value is -2.71. The van der Waals surface area contributed by atoms with E-state index in [2.05, 4.69) is 25.0 Å². The fourth-order valence-corrected chi connectivity index (χ4v) is 3.33. The molecule has 2 atom stereocenters. The Morgan fingerprint density at radius 1 is 1.19 bits per heavy atom. The highest BCUT2D eigenvalue weighted by atomic mass is 19.1. The normalized spacial score (nSPS) is 20.5. The van der Waals surface area contributed by atoms with Gasteiger partial charge >= 0.3 is 0 Å². The van der Waals surface area contributed by atoms with E-state index in [9.17, 15) is 9.50 Å². The van der Waals surface area contributed by atoms with Crippen LogP contribution in [0.15, 0.2) is 47.5 Å². The number of nitrogens with zero attached hydrogens (tertiary/aromatic N) is 5. The lowest BCUT2D eigenvalue weighted by Gasteiger charge is -2.15. The third-order valence-corrected chi connectivity index (χ3v) is 4.68. The average Bonchev–Trinajstić information content (AvgIpc) is 3.31. The van der Waals surface area contributed by atoms with Crippen LogP contribution in [-0.4, -0.2) is 49.8 Å². The predicted octanol–water partition coefficient (Wildman–Crippen LogP) is 1.87. The first-order valence-corrected chi connectivity index (χ1v) is 8.40. The SMILES string of the molecule is OCC1CN(Cc2ccncc2F)CC1c1nc(-c2cccnc2)no1. The second kappa shape index (κ2) is 7.27. The van der Waals surface area contributed by atoms with Gasteiger partial charge in [0.25, 0.3) is 0 Å². The van der Waals surface area contributed by atoms with Crippen molar-refractivity contribution in [2.24, 2.45) is 5.92 Å². The van der Waals surface area contributed by atoms with Gasteiger partial charge in [-0.1, -0.05) is 5.16 Å². The number of aliphatic hydroxyl groups excluding tert-OH is 1. The molecule has 1 N–H and O–H groups in total. The molecule has 0 aliphatic carbocycles. The molecule has 0 amide bonds. The molecule has 26 heavy (non-hydrogen) atoms. The van der Waals surface area contributed by atoms with Crippen LogP contribution < -0.4 is 0 Å². The molecule has 1 saturated heterocycles. The van der Waals surface area contributed by atoms with Gasteiger partial charge in [-0.05, 0) is 18.2 Å². The van der Waals surface area contributed by atoms with Gasteiger partial charge in [-0.25, -0.2) is 4.39 Å². The first-order valence-electron chi connectivity index (χ1n) is 8.40. The minimum atomic E-state index is -0.326. The molecule has 2 unspecified atom stereocenters. The van der Waals surface area contributed by atoms with E-state index >= 15 is 0 Å². The van der Waals surface area contributed by atoms with Crippen molar-refractivity contribution in [2.45, 2.75) is 12.5 Å². The lowest BCUT2D eigenvalue weighted by molar-refractivity contribution is 0.204. The third-order valence-electron chi connectivity index (χ3n) is 4.68. The van der Waals surface area contributed by atoms with Crippen molar-refractivity contribution in [1.82, 2.24) is 25.0 Å². The van der Waals surface area contributed by atoms with Crippen LogP contribution in [0.5, 0.6) is 0 Å². The number of aromatic nitrogens is 4. The van der Waals surface area contributed by atoms with Gasteiger partial charge in [0.15, 0.2) is 0 Å². The quantitative estimate of drug-likeness (QED) is 0.747. The van der Waals surface area contributed by atoms with Crippen molar-refractivity contribution in [3.8, 4) is 11.4 Å². The molecule has 3 aromatic heterocycles. The highest BCUT2D eigenvalue weighted by molar-refractivity contribution is 5.51. The molecule has 4 heterocycles. The molecule has 0 spiro atoms. The molecule has 0 aromatic carbocycles. The van der Waals surface area contributed by atoms with Crippen molar-refractivity contribution in [3.05, 3.63) is 60.3 Å². The van der Waals surface area contributed by atoms with Crippen molar-refractivity contribution in [2.75, 3.05) is 19.7 Å². The Morgan fingerprint density at radius 2 is 2.08 bits per heavy atom. The van der Waals surface area contributed by atoms with E-state index in [0.717, 1.165) is 5.56 Å². The number of rotatable bonds is 5. The second-order valence-corrected chi connectivity index (χ2v) is 6.41. The van der Waals surface area contributed by atoms with Gasteiger partial charge in [-0.15, -0.1) is 0 Å². The smallest absolute Gasteiger partial charge is 0.231 e. The second-order valence-electron chi connectivity index (χ2n) is 6.41. The standard InChI is InChI=1S/C18H18FN5O2/c19-16-7-21-5-3-13(16)8-24-9-14(11-25)15(10-24)18-22-17(23-26-18)12-2-1-4-20-6-12/h1-7,14-15,25H,8-11H2. The van der Waals surface area contributed by atoms with E-state index < -0.39 is 0 Å². The maximum absolute atomic E-state index is 13.8. The van der Waals surface area contributed by atoms with Crippen molar-refractivity contribution < 1.29 is 14.0 Å². The van der Waals surface area contributed by atoms with Crippen molar-refractivity contribution >= 4 is 0 Å².